The van der Waals surface area contributed by atoms with Crippen LogP contribution in [-0.2, 0) is 0 Å². The highest BCUT2D eigenvalue weighted by Gasteiger charge is 2.33. The van der Waals surface area contributed by atoms with Gasteiger partial charge in [-0.2, -0.15) is 0 Å². The Morgan fingerprint density at radius 1 is 1.15 bits per heavy atom. The van der Waals surface area contributed by atoms with E-state index in [-0.39, 0.29) is 24.8 Å². The molecule has 20 heavy (non-hydrogen) atoms. The third kappa shape index (κ3) is 3.79. The molecule has 0 unspecified atom stereocenters. The lowest BCUT2D eigenvalue weighted by molar-refractivity contribution is 0.0836. The van der Waals surface area contributed by atoms with E-state index >= 15 is 0 Å². The van der Waals surface area contributed by atoms with Crippen molar-refractivity contribution in [2.24, 2.45) is 5.92 Å². The average Bonchev–Trinajstić information content (AvgIpc) is 2.34. The third-order valence-electron chi connectivity index (χ3n) is 4.35. The molecule has 1 saturated heterocycles. The van der Waals surface area contributed by atoms with Crippen molar-refractivity contribution in [2.45, 2.75) is 25.3 Å². The van der Waals surface area contributed by atoms with Crippen molar-refractivity contribution < 1.29 is 5.11 Å². The molecule has 1 aromatic rings. The van der Waals surface area contributed by atoms with Gasteiger partial charge in [-0.25, -0.2) is 0 Å². The van der Waals surface area contributed by atoms with E-state index in [9.17, 15) is 5.11 Å². The Bertz CT molecular complexity index is 407. The standard InChI is InChI=1S/C15H22N2O.2ClH/c18-14-6-2-5-13(11-14)15(12-3-1-4-12)17-9-7-16-8-10-17;;/h2,5-6,11-12,15-16,18H,1,3-4,7-10H2;2*1H/t15-;;/m1../s1. The molecule has 1 aliphatic heterocycles. The van der Waals surface area contributed by atoms with Crippen molar-refractivity contribution in [3.05, 3.63) is 29.8 Å². The number of benzene rings is 1. The monoisotopic (exact) mass is 318 g/mol. The van der Waals surface area contributed by atoms with Gasteiger partial charge >= 0.3 is 0 Å². The van der Waals surface area contributed by atoms with Crippen molar-refractivity contribution in [2.75, 3.05) is 26.2 Å². The molecule has 0 aromatic heterocycles. The highest BCUT2D eigenvalue weighted by Crippen LogP contribution is 2.41. The second-order valence-corrected chi connectivity index (χ2v) is 5.52. The third-order valence-corrected chi connectivity index (χ3v) is 4.35. The lowest BCUT2D eigenvalue weighted by atomic mass is 9.76. The van der Waals surface area contributed by atoms with E-state index in [4.69, 9.17) is 0 Å². The number of nitrogens with one attached hydrogen (secondary N) is 1. The molecule has 0 bridgehead atoms. The van der Waals surface area contributed by atoms with Gasteiger partial charge in [-0.1, -0.05) is 18.6 Å². The Hall–Kier alpha value is -0.480. The maximum absolute atomic E-state index is 9.70. The van der Waals surface area contributed by atoms with Gasteiger partial charge in [-0.15, -0.1) is 24.8 Å². The summed E-state index contributed by atoms with van der Waals surface area (Å²) in [6.07, 6.45) is 4.04. The Morgan fingerprint density at radius 2 is 1.85 bits per heavy atom. The summed E-state index contributed by atoms with van der Waals surface area (Å²) in [5.41, 5.74) is 1.29. The van der Waals surface area contributed by atoms with E-state index in [0.717, 1.165) is 32.1 Å². The molecule has 1 heterocycles. The van der Waals surface area contributed by atoms with Gasteiger partial charge in [0, 0.05) is 32.2 Å². The predicted octanol–water partition coefficient (Wildman–Crippen LogP) is 2.98. The molecule has 1 atom stereocenters. The van der Waals surface area contributed by atoms with Crippen LogP contribution < -0.4 is 5.32 Å². The first-order chi connectivity index (χ1) is 8.84. The first-order valence-electron chi connectivity index (χ1n) is 7.08. The molecular formula is C15H24Cl2N2O. The van der Waals surface area contributed by atoms with E-state index in [2.05, 4.69) is 16.3 Å². The van der Waals surface area contributed by atoms with Gasteiger partial charge in [0.05, 0.1) is 0 Å². The Kier molecular flexibility index (Phi) is 7.10. The van der Waals surface area contributed by atoms with Gasteiger partial charge in [-0.05, 0) is 36.5 Å². The summed E-state index contributed by atoms with van der Waals surface area (Å²) in [6, 6.07) is 8.36. The first-order valence-corrected chi connectivity index (χ1v) is 7.08. The summed E-state index contributed by atoms with van der Waals surface area (Å²) in [4.78, 5) is 2.59. The van der Waals surface area contributed by atoms with Crippen molar-refractivity contribution >= 4 is 24.8 Å². The lowest BCUT2D eigenvalue weighted by Gasteiger charge is -2.43. The molecule has 5 heteroatoms. The average molecular weight is 319 g/mol. The fraction of sp³-hybridized carbons (Fsp3) is 0.600. The van der Waals surface area contributed by atoms with Crippen LogP contribution in [0.25, 0.3) is 0 Å². The fourth-order valence-corrected chi connectivity index (χ4v) is 3.21. The summed E-state index contributed by atoms with van der Waals surface area (Å²) in [5.74, 6) is 1.18. The minimum Gasteiger partial charge on any atom is -0.508 e. The van der Waals surface area contributed by atoms with Crippen LogP contribution in [0.2, 0.25) is 0 Å². The molecule has 0 amide bonds. The minimum atomic E-state index is 0. The van der Waals surface area contributed by atoms with E-state index in [1.165, 1.54) is 24.8 Å². The molecule has 2 N–H and O–H groups in total. The molecule has 3 nitrogen and oxygen atoms in total. The van der Waals surface area contributed by atoms with Crippen molar-refractivity contribution in [3.8, 4) is 5.75 Å². The number of aromatic hydroxyl groups is 1. The molecule has 2 fully saturated rings. The van der Waals surface area contributed by atoms with Crippen LogP contribution >= 0.6 is 24.8 Å². The molecule has 2 aliphatic rings. The first kappa shape index (κ1) is 17.6. The number of halogens is 2. The summed E-state index contributed by atoms with van der Waals surface area (Å²) < 4.78 is 0. The maximum atomic E-state index is 9.70. The van der Waals surface area contributed by atoms with Crippen LogP contribution in [0.4, 0.5) is 0 Å². The smallest absolute Gasteiger partial charge is 0.115 e. The summed E-state index contributed by atoms with van der Waals surface area (Å²) in [6.45, 7) is 4.41. The predicted molar refractivity (Wildman–Crippen MR) is 87.1 cm³/mol. The number of hydrogen-bond donors (Lipinski definition) is 2. The zero-order valence-corrected chi connectivity index (χ0v) is 13.3. The normalized spacial score (nSPS) is 21.2. The lowest BCUT2D eigenvalue weighted by Crippen LogP contribution is -2.47. The van der Waals surface area contributed by atoms with Crippen LogP contribution in [0, 0.1) is 5.92 Å². The molecular weight excluding hydrogens is 295 g/mol. The zero-order valence-electron chi connectivity index (χ0n) is 11.6. The van der Waals surface area contributed by atoms with Crippen LogP contribution in [0.1, 0.15) is 30.9 Å². The van der Waals surface area contributed by atoms with Crippen molar-refractivity contribution in [3.63, 3.8) is 0 Å². The second-order valence-electron chi connectivity index (χ2n) is 5.52. The summed E-state index contributed by atoms with van der Waals surface area (Å²) in [7, 11) is 0. The number of rotatable bonds is 3. The van der Waals surface area contributed by atoms with Gasteiger partial charge < -0.3 is 10.4 Å². The van der Waals surface area contributed by atoms with Crippen molar-refractivity contribution in [1.29, 1.82) is 0 Å². The number of phenols is 1. The van der Waals surface area contributed by atoms with Gasteiger partial charge in [0.15, 0.2) is 0 Å². The molecule has 0 spiro atoms. The number of phenolic OH excluding ortho intramolecular Hbond substituents is 1. The van der Waals surface area contributed by atoms with Gasteiger partial charge in [0.2, 0.25) is 0 Å². The van der Waals surface area contributed by atoms with Gasteiger partial charge in [0.25, 0.3) is 0 Å². The highest BCUT2D eigenvalue weighted by molar-refractivity contribution is 5.85. The highest BCUT2D eigenvalue weighted by atomic mass is 35.5. The molecule has 1 aliphatic carbocycles. The molecule has 114 valence electrons. The molecule has 0 radical (unpaired) electrons. The Labute approximate surface area is 133 Å². The molecule has 1 saturated carbocycles. The van der Waals surface area contributed by atoms with Crippen LogP contribution in [0.15, 0.2) is 24.3 Å². The minimum absolute atomic E-state index is 0. The van der Waals surface area contributed by atoms with Gasteiger partial charge in [0.1, 0.15) is 5.75 Å². The number of piperazine rings is 1. The number of hydrogen-bond acceptors (Lipinski definition) is 3. The van der Waals surface area contributed by atoms with Crippen LogP contribution in [-0.4, -0.2) is 36.2 Å². The van der Waals surface area contributed by atoms with E-state index in [1.807, 2.05) is 12.1 Å². The van der Waals surface area contributed by atoms with Gasteiger partial charge in [-0.3, -0.25) is 4.90 Å². The SMILES string of the molecule is Cl.Cl.Oc1cccc([C@@H](C2CCC2)N2CCNCC2)c1. The molecule has 1 aromatic carbocycles. The Balaban J connectivity index is 0.000001000. The second kappa shape index (κ2) is 8.08. The van der Waals surface area contributed by atoms with Crippen molar-refractivity contribution in [1.82, 2.24) is 10.2 Å². The molecule has 3 rings (SSSR count). The quantitative estimate of drug-likeness (QED) is 0.899. The van der Waals surface area contributed by atoms with E-state index < -0.39 is 0 Å². The maximum Gasteiger partial charge on any atom is 0.115 e. The number of nitrogens with zero attached hydrogens (tertiary/aromatic N) is 1. The van der Waals surface area contributed by atoms with E-state index in [0.29, 0.717) is 11.8 Å². The van der Waals surface area contributed by atoms with Crippen LogP contribution in [0.3, 0.4) is 0 Å². The Morgan fingerprint density at radius 3 is 2.40 bits per heavy atom. The van der Waals surface area contributed by atoms with Crippen LogP contribution in [0.5, 0.6) is 5.75 Å². The van der Waals surface area contributed by atoms with E-state index in [1.54, 1.807) is 6.07 Å². The fourth-order valence-electron chi connectivity index (χ4n) is 3.21. The zero-order chi connectivity index (χ0) is 12.4. The summed E-state index contributed by atoms with van der Waals surface area (Å²) >= 11 is 0. The summed E-state index contributed by atoms with van der Waals surface area (Å²) in [5, 5.41) is 13.1. The topological polar surface area (TPSA) is 35.5 Å². The largest absolute Gasteiger partial charge is 0.508 e.